The van der Waals surface area contributed by atoms with Gasteiger partial charge in [0.15, 0.2) is 0 Å². The van der Waals surface area contributed by atoms with E-state index in [-0.39, 0.29) is 0 Å². The first-order chi connectivity index (χ1) is 9.22. The summed E-state index contributed by atoms with van der Waals surface area (Å²) in [5.74, 6) is 1.03. The first kappa shape index (κ1) is 16.2. The maximum Gasteiger partial charge on any atom is 0.117 e. The van der Waals surface area contributed by atoms with Crippen LogP contribution in [0.4, 0.5) is 0 Å². The normalized spacial score (nSPS) is 11.6. The van der Waals surface area contributed by atoms with E-state index in [0.29, 0.717) is 6.10 Å². The standard InChI is InChI=1S/C15H28N2O2/c1-4-17(13-15-7-5-11-19-15)10-9-16-8-6-12-18-14(2)3/h5,7,11,14,16H,4,6,8-10,12-13H2,1-3H3. The summed E-state index contributed by atoms with van der Waals surface area (Å²) in [5, 5.41) is 3.45. The summed E-state index contributed by atoms with van der Waals surface area (Å²) < 4.78 is 10.9. The molecule has 0 aliphatic rings. The van der Waals surface area contributed by atoms with Crippen LogP contribution in [0.25, 0.3) is 0 Å². The molecule has 1 N–H and O–H groups in total. The second-order valence-electron chi connectivity index (χ2n) is 4.97. The zero-order valence-corrected chi connectivity index (χ0v) is 12.5. The Balaban J connectivity index is 2.00. The van der Waals surface area contributed by atoms with Gasteiger partial charge in [0.1, 0.15) is 5.76 Å². The van der Waals surface area contributed by atoms with Crippen LogP contribution in [-0.4, -0.2) is 43.8 Å². The predicted molar refractivity (Wildman–Crippen MR) is 78.2 cm³/mol. The second kappa shape index (κ2) is 10.0. The third kappa shape index (κ3) is 8.03. The average Bonchev–Trinajstić information content (AvgIpc) is 2.88. The monoisotopic (exact) mass is 268 g/mol. The van der Waals surface area contributed by atoms with Crippen molar-refractivity contribution in [2.45, 2.75) is 39.8 Å². The van der Waals surface area contributed by atoms with Gasteiger partial charge in [0.05, 0.1) is 18.9 Å². The van der Waals surface area contributed by atoms with Crippen molar-refractivity contribution < 1.29 is 9.15 Å². The lowest BCUT2D eigenvalue weighted by Gasteiger charge is -2.19. The third-order valence-electron chi connectivity index (χ3n) is 2.96. The van der Waals surface area contributed by atoms with Crippen molar-refractivity contribution in [3.05, 3.63) is 24.2 Å². The minimum atomic E-state index is 0.337. The summed E-state index contributed by atoms with van der Waals surface area (Å²) in [7, 11) is 0. The minimum Gasteiger partial charge on any atom is -0.468 e. The molecule has 0 spiro atoms. The molecule has 0 radical (unpaired) electrons. The molecular formula is C15H28N2O2. The molecule has 0 unspecified atom stereocenters. The topological polar surface area (TPSA) is 37.6 Å². The van der Waals surface area contributed by atoms with Crippen molar-refractivity contribution in [1.29, 1.82) is 0 Å². The third-order valence-corrected chi connectivity index (χ3v) is 2.96. The lowest BCUT2D eigenvalue weighted by molar-refractivity contribution is 0.0770. The van der Waals surface area contributed by atoms with Gasteiger partial charge in [-0.15, -0.1) is 0 Å². The van der Waals surface area contributed by atoms with Crippen LogP contribution >= 0.6 is 0 Å². The Bertz CT molecular complexity index is 299. The van der Waals surface area contributed by atoms with Crippen molar-refractivity contribution in [3.63, 3.8) is 0 Å². The number of nitrogens with zero attached hydrogens (tertiary/aromatic N) is 1. The summed E-state index contributed by atoms with van der Waals surface area (Å²) in [5.41, 5.74) is 0. The summed E-state index contributed by atoms with van der Waals surface area (Å²) in [6, 6.07) is 3.97. The van der Waals surface area contributed by atoms with E-state index in [1.165, 1.54) is 0 Å². The molecule has 1 aromatic heterocycles. The molecule has 0 aromatic carbocycles. The van der Waals surface area contributed by atoms with Crippen molar-refractivity contribution in [3.8, 4) is 0 Å². The Kier molecular flexibility index (Phi) is 8.54. The largest absolute Gasteiger partial charge is 0.468 e. The van der Waals surface area contributed by atoms with Crippen LogP contribution in [0, 0.1) is 0 Å². The molecule has 4 heteroatoms. The van der Waals surface area contributed by atoms with Gasteiger partial charge in [0.25, 0.3) is 0 Å². The summed E-state index contributed by atoms with van der Waals surface area (Å²) >= 11 is 0. The van der Waals surface area contributed by atoms with Gasteiger partial charge < -0.3 is 14.5 Å². The highest BCUT2D eigenvalue weighted by Gasteiger charge is 2.04. The first-order valence-electron chi connectivity index (χ1n) is 7.29. The van der Waals surface area contributed by atoms with Gasteiger partial charge in [-0.3, -0.25) is 4.90 Å². The van der Waals surface area contributed by atoms with E-state index in [1.807, 2.05) is 12.1 Å². The van der Waals surface area contributed by atoms with Crippen LogP contribution in [-0.2, 0) is 11.3 Å². The molecule has 1 rings (SSSR count). The smallest absolute Gasteiger partial charge is 0.117 e. The first-order valence-corrected chi connectivity index (χ1v) is 7.29. The van der Waals surface area contributed by atoms with Gasteiger partial charge in [-0.1, -0.05) is 6.92 Å². The summed E-state index contributed by atoms with van der Waals surface area (Å²) in [6.45, 7) is 12.2. The van der Waals surface area contributed by atoms with Gasteiger partial charge in [-0.05, 0) is 45.5 Å². The van der Waals surface area contributed by atoms with E-state index in [9.17, 15) is 0 Å². The van der Waals surface area contributed by atoms with Crippen molar-refractivity contribution >= 4 is 0 Å². The van der Waals surface area contributed by atoms with Gasteiger partial charge >= 0.3 is 0 Å². The lowest BCUT2D eigenvalue weighted by Crippen LogP contribution is -2.32. The number of hydrogen-bond acceptors (Lipinski definition) is 4. The zero-order valence-electron chi connectivity index (χ0n) is 12.5. The quantitative estimate of drug-likeness (QED) is 0.626. The Labute approximate surface area is 117 Å². The molecule has 1 heterocycles. The van der Waals surface area contributed by atoms with E-state index >= 15 is 0 Å². The molecule has 0 aliphatic carbocycles. The van der Waals surface area contributed by atoms with Gasteiger partial charge in [-0.25, -0.2) is 0 Å². The van der Waals surface area contributed by atoms with Crippen molar-refractivity contribution in [1.82, 2.24) is 10.2 Å². The number of ether oxygens (including phenoxy) is 1. The number of nitrogens with one attached hydrogen (secondary N) is 1. The molecule has 0 amide bonds. The highest BCUT2D eigenvalue weighted by atomic mass is 16.5. The molecule has 0 saturated carbocycles. The predicted octanol–water partition coefficient (Wildman–Crippen LogP) is 2.51. The van der Waals surface area contributed by atoms with Gasteiger partial charge in [0, 0.05) is 19.7 Å². The maximum absolute atomic E-state index is 5.50. The molecule has 1 aromatic rings. The number of likely N-dealkylation sites (N-methyl/N-ethyl adjacent to an activating group) is 1. The van der Waals surface area contributed by atoms with Crippen LogP contribution in [0.2, 0.25) is 0 Å². The summed E-state index contributed by atoms with van der Waals surface area (Å²) in [4.78, 5) is 2.37. The molecule has 4 nitrogen and oxygen atoms in total. The fourth-order valence-electron chi connectivity index (χ4n) is 1.85. The molecule has 19 heavy (non-hydrogen) atoms. The van der Waals surface area contributed by atoms with Crippen LogP contribution in [0.15, 0.2) is 22.8 Å². The molecular weight excluding hydrogens is 240 g/mol. The molecule has 110 valence electrons. The molecule has 0 bridgehead atoms. The van der Waals surface area contributed by atoms with Crippen molar-refractivity contribution in [2.24, 2.45) is 0 Å². The highest BCUT2D eigenvalue weighted by Crippen LogP contribution is 2.04. The van der Waals surface area contributed by atoms with Crippen LogP contribution in [0.1, 0.15) is 33.0 Å². The Morgan fingerprint density at radius 2 is 2.21 bits per heavy atom. The van der Waals surface area contributed by atoms with Gasteiger partial charge in [0.2, 0.25) is 0 Å². The van der Waals surface area contributed by atoms with E-state index < -0.39 is 0 Å². The Morgan fingerprint density at radius 3 is 2.84 bits per heavy atom. The summed E-state index contributed by atoms with van der Waals surface area (Å²) in [6.07, 6.45) is 3.14. The second-order valence-corrected chi connectivity index (χ2v) is 4.97. The van der Waals surface area contributed by atoms with Crippen LogP contribution in [0.3, 0.4) is 0 Å². The molecule has 0 atom stereocenters. The molecule has 0 fully saturated rings. The highest BCUT2D eigenvalue weighted by molar-refractivity contribution is 4.97. The zero-order chi connectivity index (χ0) is 13.9. The van der Waals surface area contributed by atoms with Crippen LogP contribution < -0.4 is 5.32 Å². The van der Waals surface area contributed by atoms with E-state index in [2.05, 4.69) is 31.0 Å². The fourth-order valence-corrected chi connectivity index (χ4v) is 1.85. The maximum atomic E-state index is 5.50. The molecule has 0 aliphatic heterocycles. The van der Waals surface area contributed by atoms with Crippen molar-refractivity contribution in [2.75, 3.05) is 32.8 Å². The lowest BCUT2D eigenvalue weighted by atomic mass is 10.3. The Morgan fingerprint density at radius 1 is 1.37 bits per heavy atom. The Hall–Kier alpha value is -0.840. The number of rotatable bonds is 11. The van der Waals surface area contributed by atoms with Crippen LogP contribution in [0.5, 0.6) is 0 Å². The number of hydrogen-bond donors (Lipinski definition) is 1. The SMILES string of the molecule is CCN(CCNCCCOC(C)C)Cc1ccco1. The van der Waals surface area contributed by atoms with E-state index in [1.54, 1.807) is 6.26 Å². The van der Waals surface area contributed by atoms with E-state index in [4.69, 9.17) is 9.15 Å². The fraction of sp³-hybridized carbons (Fsp3) is 0.733. The minimum absolute atomic E-state index is 0.337. The average molecular weight is 268 g/mol. The van der Waals surface area contributed by atoms with Gasteiger partial charge in [-0.2, -0.15) is 0 Å². The molecule has 0 saturated heterocycles. The van der Waals surface area contributed by atoms with E-state index in [0.717, 1.165) is 51.5 Å². The number of furan rings is 1.